The molecule has 1 unspecified atom stereocenters. The number of rotatable bonds is 6. The lowest BCUT2D eigenvalue weighted by Gasteiger charge is -2.20. The van der Waals surface area contributed by atoms with Crippen LogP contribution in [0.1, 0.15) is 12.5 Å². The highest BCUT2D eigenvalue weighted by atomic mass is 16.4. The lowest BCUT2D eigenvalue weighted by Crippen LogP contribution is -2.41. The summed E-state index contributed by atoms with van der Waals surface area (Å²) < 4.78 is 0. The number of amides is 2. The minimum Gasteiger partial charge on any atom is -0.481 e. The Morgan fingerprint density at radius 1 is 1.35 bits per heavy atom. The van der Waals surface area contributed by atoms with Crippen LogP contribution in [0.3, 0.4) is 0 Å². The Morgan fingerprint density at radius 3 is 2.50 bits per heavy atom. The number of urea groups is 1. The minimum atomic E-state index is -0.918. The number of benzene rings is 1. The van der Waals surface area contributed by atoms with Crippen LogP contribution in [0.5, 0.6) is 0 Å². The van der Waals surface area contributed by atoms with Gasteiger partial charge in [0.25, 0.3) is 0 Å². The van der Waals surface area contributed by atoms with Gasteiger partial charge in [-0.3, -0.25) is 4.79 Å². The summed E-state index contributed by atoms with van der Waals surface area (Å²) in [6.07, 6.45) is 0. The van der Waals surface area contributed by atoms with Crippen LogP contribution in [0.25, 0.3) is 5.57 Å². The predicted molar refractivity (Wildman–Crippen MR) is 78.3 cm³/mol. The van der Waals surface area contributed by atoms with Gasteiger partial charge in [-0.25, -0.2) is 4.79 Å². The van der Waals surface area contributed by atoms with Crippen LogP contribution < -0.4 is 5.32 Å². The molecular weight excluding hydrogens is 256 g/mol. The molecule has 5 nitrogen and oxygen atoms in total. The summed E-state index contributed by atoms with van der Waals surface area (Å²) in [5.41, 5.74) is 1.77. The summed E-state index contributed by atoms with van der Waals surface area (Å²) in [5.74, 6) is -1.51. The summed E-state index contributed by atoms with van der Waals surface area (Å²) >= 11 is 0. The van der Waals surface area contributed by atoms with Gasteiger partial charge in [0.2, 0.25) is 0 Å². The van der Waals surface area contributed by atoms with Crippen molar-refractivity contribution in [2.75, 3.05) is 20.1 Å². The highest BCUT2D eigenvalue weighted by Crippen LogP contribution is 2.10. The Balaban J connectivity index is 2.43. The van der Waals surface area contributed by atoms with Gasteiger partial charge in [-0.05, 0) is 11.1 Å². The van der Waals surface area contributed by atoms with Crippen LogP contribution in [-0.2, 0) is 4.79 Å². The molecule has 5 heteroatoms. The molecule has 0 saturated heterocycles. The highest BCUT2D eigenvalue weighted by molar-refractivity contribution is 5.78. The van der Waals surface area contributed by atoms with Gasteiger partial charge >= 0.3 is 12.0 Å². The molecule has 0 radical (unpaired) electrons. The van der Waals surface area contributed by atoms with Crippen LogP contribution in [0, 0.1) is 5.92 Å². The summed E-state index contributed by atoms with van der Waals surface area (Å²) in [7, 11) is 1.57. The van der Waals surface area contributed by atoms with Gasteiger partial charge in [-0.15, -0.1) is 0 Å². The van der Waals surface area contributed by atoms with E-state index in [4.69, 9.17) is 5.11 Å². The van der Waals surface area contributed by atoms with Crippen molar-refractivity contribution in [1.29, 1.82) is 0 Å². The van der Waals surface area contributed by atoms with Gasteiger partial charge in [0.1, 0.15) is 0 Å². The molecule has 0 fully saturated rings. The molecule has 0 aromatic heterocycles. The van der Waals surface area contributed by atoms with E-state index in [0.717, 1.165) is 11.1 Å². The van der Waals surface area contributed by atoms with Gasteiger partial charge in [0, 0.05) is 20.1 Å². The van der Waals surface area contributed by atoms with Crippen molar-refractivity contribution in [3.05, 3.63) is 42.5 Å². The number of nitrogens with zero attached hydrogens (tertiary/aromatic N) is 1. The first-order valence-corrected chi connectivity index (χ1v) is 6.36. The van der Waals surface area contributed by atoms with Gasteiger partial charge in [-0.1, -0.05) is 43.8 Å². The SMILES string of the molecule is C=C(CNC(=O)N(C)CC(C)C(=O)O)c1ccccc1. The first-order valence-electron chi connectivity index (χ1n) is 6.36. The zero-order valence-electron chi connectivity index (χ0n) is 11.8. The van der Waals surface area contributed by atoms with Crippen molar-refractivity contribution in [3.63, 3.8) is 0 Å². The molecule has 0 aliphatic rings. The van der Waals surface area contributed by atoms with E-state index >= 15 is 0 Å². The quantitative estimate of drug-likeness (QED) is 0.835. The Labute approximate surface area is 118 Å². The van der Waals surface area contributed by atoms with Crippen molar-refractivity contribution in [2.24, 2.45) is 5.92 Å². The summed E-state index contributed by atoms with van der Waals surface area (Å²) in [4.78, 5) is 23.9. The third-order valence-electron chi connectivity index (χ3n) is 2.95. The molecule has 20 heavy (non-hydrogen) atoms. The summed E-state index contributed by atoms with van der Waals surface area (Å²) in [6.45, 7) is 5.98. The van der Waals surface area contributed by atoms with Crippen molar-refractivity contribution in [1.82, 2.24) is 10.2 Å². The highest BCUT2D eigenvalue weighted by Gasteiger charge is 2.17. The van der Waals surface area contributed by atoms with E-state index in [1.807, 2.05) is 30.3 Å². The molecule has 2 amide bonds. The van der Waals surface area contributed by atoms with Crippen LogP contribution in [0.2, 0.25) is 0 Å². The summed E-state index contributed by atoms with van der Waals surface area (Å²) in [5, 5.41) is 11.5. The Hall–Kier alpha value is -2.30. The number of carbonyl (C=O) groups is 2. The van der Waals surface area contributed by atoms with Crippen molar-refractivity contribution in [3.8, 4) is 0 Å². The fraction of sp³-hybridized carbons (Fsp3) is 0.333. The number of nitrogens with one attached hydrogen (secondary N) is 1. The predicted octanol–water partition coefficient (Wildman–Crippen LogP) is 2.06. The van der Waals surface area contributed by atoms with E-state index in [2.05, 4.69) is 11.9 Å². The maximum absolute atomic E-state index is 11.8. The molecule has 0 bridgehead atoms. The third-order valence-corrected chi connectivity index (χ3v) is 2.95. The van der Waals surface area contributed by atoms with Crippen LogP contribution >= 0.6 is 0 Å². The molecular formula is C15H20N2O3. The van der Waals surface area contributed by atoms with E-state index < -0.39 is 11.9 Å². The van der Waals surface area contributed by atoms with Gasteiger partial charge < -0.3 is 15.3 Å². The largest absolute Gasteiger partial charge is 0.481 e. The lowest BCUT2D eigenvalue weighted by atomic mass is 10.1. The molecule has 108 valence electrons. The monoisotopic (exact) mass is 276 g/mol. The normalized spacial score (nSPS) is 11.5. The molecule has 0 heterocycles. The minimum absolute atomic E-state index is 0.166. The van der Waals surface area contributed by atoms with Gasteiger partial charge in [0.15, 0.2) is 0 Å². The van der Waals surface area contributed by atoms with Crippen LogP contribution in [-0.4, -0.2) is 42.1 Å². The molecule has 0 saturated carbocycles. The second-order valence-corrected chi connectivity index (χ2v) is 4.75. The van der Waals surface area contributed by atoms with E-state index in [1.54, 1.807) is 14.0 Å². The van der Waals surface area contributed by atoms with E-state index in [0.29, 0.717) is 6.54 Å². The van der Waals surface area contributed by atoms with E-state index in [9.17, 15) is 9.59 Å². The number of carboxylic acid groups (broad SMARTS) is 1. The molecule has 1 aromatic rings. The van der Waals surface area contributed by atoms with E-state index in [-0.39, 0.29) is 12.6 Å². The molecule has 1 aromatic carbocycles. The zero-order valence-corrected chi connectivity index (χ0v) is 11.8. The smallest absolute Gasteiger partial charge is 0.317 e. The topological polar surface area (TPSA) is 69.6 Å². The van der Waals surface area contributed by atoms with Crippen LogP contribution in [0.15, 0.2) is 36.9 Å². The lowest BCUT2D eigenvalue weighted by molar-refractivity contribution is -0.141. The summed E-state index contributed by atoms with van der Waals surface area (Å²) in [6, 6.07) is 9.26. The molecule has 0 aliphatic carbocycles. The number of hydrogen-bond donors (Lipinski definition) is 2. The van der Waals surface area contributed by atoms with Gasteiger partial charge in [-0.2, -0.15) is 0 Å². The van der Waals surface area contributed by atoms with Crippen LogP contribution in [0.4, 0.5) is 4.79 Å². The van der Waals surface area contributed by atoms with Crippen molar-refractivity contribution < 1.29 is 14.7 Å². The second kappa shape index (κ2) is 7.33. The average molecular weight is 276 g/mol. The standard InChI is InChI=1S/C15H20N2O3/c1-11(13-7-5-4-6-8-13)9-16-15(20)17(3)10-12(2)14(18)19/h4-8,12H,1,9-10H2,2-3H3,(H,16,20)(H,18,19). The van der Waals surface area contributed by atoms with Crippen molar-refractivity contribution in [2.45, 2.75) is 6.92 Å². The Kier molecular flexibility index (Phi) is 5.77. The molecule has 0 aliphatic heterocycles. The Morgan fingerprint density at radius 2 is 1.95 bits per heavy atom. The molecule has 2 N–H and O–H groups in total. The number of aliphatic carboxylic acids is 1. The Bertz CT molecular complexity index is 485. The van der Waals surface area contributed by atoms with E-state index in [1.165, 1.54) is 4.90 Å². The maximum Gasteiger partial charge on any atom is 0.317 e. The maximum atomic E-state index is 11.8. The molecule has 0 spiro atoms. The first kappa shape index (κ1) is 15.8. The van der Waals surface area contributed by atoms with Gasteiger partial charge in [0.05, 0.1) is 5.92 Å². The fourth-order valence-electron chi connectivity index (χ4n) is 1.66. The number of carbonyl (C=O) groups excluding carboxylic acids is 1. The molecule has 1 rings (SSSR count). The van der Waals surface area contributed by atoms with Crippen molar-refractivity contribution >= 4 is 17.6 Å². The average Bonchev–Trinajstić information content (AvgIpc) is 2.44. The number of carboxylic acids is 1. The zero-order chi connectivity index (χ0) is 15.1. The second-order valence-electron chi connectivity index (χ2n) is 4.75. The molecule has 1 atom stereocenters. The first-order chi connectivity index (χ1) is 9.41. The fourth-order valence-corrected chi connectivity index (χ4v) is 1.66. The number of hydrogen-bond acceptors (Lipinski definition) is 2. The third kappa shape index (κ3) is 4.76.